The van der Waals surface area contributed by atoms with Crippen LogP contribution in [-0.4, -0.2) is 23.2 Å². The molecule has 1 N–H and O–H groups in total. The zero-order chi connectivity index (χ0) is 11.9. The van der Waals surface area contributed by atoms with Crippen molar-refractivity contribution in [3.8, 4) is 0 Å². The van der Waals surface area contributed by atoms with Gasteiger partial charge in [-0.1, -0.05) is 32.0 Å². The van der Waals surface area contributed by atoms with Gasteiger partial charge in [0.1, 0.15) is 0 Å². The van der Waals surface area contributed by atoms with Crippen LogP contribution in [0.4, 0.5) is 0 Å². The Kier molecular flexibility index (Phi) is 2.48. The molecule has 0 bridgehead atoms. The Bertz CT molecular complexity index is 430. The summed E-state index contributed by atoms with van der Waals surface area (Å²) in [5.74, 6) is -0.450. The molecular weight excluding hydrogens is 206 g/mol. The minimum atomic E-state index is -1.37. The molecule has 0 aromatic heterocycles. The van der Waals surface area contributed by atoms with Crippen LogP contribution in [0.15, 0.2) is 24.3 Å². The van der Waals surface area contributed by atoms with Crippen LogP contribution in [0, 0.1) is 5.92 Å². The Morgan fingerprint density at radius 2 is 2.00 bits per heavy atom. The van der Waals surface area contributed by atoms with Gasteiger partial charge in [0, 0.05) is 17.0 Å². The van der Waals surface area contributed by atoms with E-state index in [9.17, 15) is 9.90 Å². The molecule has 0 radical (unpaired) electrons. The minimum absolute atomic E-state index is 0.153. The second kappa shape index (κ2) is 3.57. The third-order valence-corrected chi connectivity index (χ3v) is 3.04. The Labute approximate surface area is 94.4 Å². The molecule has 86 valence electrons. The molecule has 0 aliphatic carbocycles. The molecule has 1 aliphatic rings. The van der Waals surface area contributed by atoms with Crippen molar-refractivity contribution in [1.29, 1.82) is 0 Å². The van der Waals surface area contributed by atoms with Crippen LogP contribution in [0.25, 0.3) is 0 Å². The molecular formula is C12H15NO3. The average molecular weight is 221 g/mol. The van der Waals surface area contributed by atoms with Crippen molar-refractivity contribution in [2.75, 3.05) is 7.11 Å². The molecule has 4 heteroatoms. The third kappa shape index (κ3) is 1.20. The average Bonchev–Trinajstić information content (AvgIpc) is 2.50. The molecule has 1 atom stereocenters. The van der Waals surface area contributed by atoms with E-state index in [1.54, 1.807) is 24.3 Å². The van der Waals surface area contributed by atoms with E-state index in [1.165, 1.54) is 7.11 Å². The SMILES string of the molecule is CON1C(=O)c2ccccc2C1(O)C(C)C. The number of fused-ring (bicyclic) bond motifs is 1. The molecule has 1 amide bonds. The van der Waals surface area contributed by atoms with E-state index in [2.05, 4.69) is 0 Å². The van der Waals surface area contributed by atoms with E-state index in [1.807, 2.05) is 13.8 Å². The number of hydroxylamine groups is 2. The van der Waals surface area contributed by atoms with Gasteiger partial charge in [-0.2, -0.15) is 5.06 Å². The smallest absolute Gasteiger partial charge is 0.280 e. The fourth-order valence-electron chi connectivity index (χ4n) is 2.13. The van der Waals surface area contributed by atoms with E-state index >= 15 is 0 Å². The quantitative estimate of drug-likeness (QED) is 0.823. The van der Waals surface area contributed by atoms with Gasteiger partial charge in [-0.3, -0.25) is 9.63 Å². The number of nitrogens with zero attached hydrogens (tertiary/aromatic N) is 1. The number of benzene rings is 1. The molecule has 2 rings (SSSR count). The number of aliphatic hydroxyl groups is 1. The second-order valence-corrected chi connectivity index (χ2v) is 4.21. The van der Waals surface area contributed by atoms with E-state index in [0.29, 0.717) is 11.1 Å². The van der Waals surface area contributed by atoms with Gasteiger partial charge in [-0.25, -0.2) is 0 Å². The molecule has 0 saturated carbocycles. The molecule has 16 heavy (non-hydrogen) atoms. The summed E-state index contributed by atoms with van der Waals surface area (Å²) in [7, 11) is 1.39. The van der Waals surface area contributed by atoms with Crippen molar-refractivity contribution in [3.05, 3.63) is 35.4 Å². The van der Waals surface area contributed by atoms with Crippen molar-refractivity contribution >= 4 is 5.91 Å². The zero-order valence-electron chi connectivity index (χ0n) is 9.60. The highest BCUT2D eigenvalue weighted by molar-refractivity contribution is 5.98. The van der Waals surface area contributed by atoms with Crippen molar-refractivity contribution < 1.29 is 14.7 Å². The summed E-state index contributed by atoms with van der Waals surface area (Å²) in [5.41, 5.74) is -0.264. The van der Waals surface area contributed by atoms with Crippen LogP contribution >= 0.6 is 0 Å². The molecule has 4 nitrogen and oxygen atoms in total. The van der Waals surface area contributed by atoms with Gasteiger partial charge in [0.2, 0.25) is 0 Å². The molecule has 0 saturated heterocycles. The highest BCUT2D eigenvalue weighted by Gasteiger charge is 2.51. The predicted molar refractivity (Wildman–Crippen MR) is 58.4 cm³/mol. The predicted octanol–water partition coefficient (Wildman–Crippen LogP) is 1.50. The number of hydrogen-bond acceptors (Lipinski definition) is 3. The molecule has 0 fully saturated rings. The molecule has 1 heterocycles. The van der Waals surface area contributed by atoms with Crippen LogP contribution in [0.2, 0.25) is 0 Å². The first-order chi connectivity index (χ1) is 7.53. The van der Waals surface area contributed by atoms with Crippen molar-refractivity contribution in [2.45, 2.75) is 19.6 Å². The highest BCUT2D eigenvalue weighted by atomic mass is 16.7. The lowest BCUT2D eigenvalue weighted by atomic mass is 9.92. The van der Waals surface area contributed by atoms with Crippen LogP contribution in [0.3, 0.4) is 0 Å². The lowest BCUT2D eigenvalue weighted by Gasteiger charge is -2.35. The number of carbonyl (C=O) groups is 1. The molecule has 0 spiro atoms. The second-order valence-electron chi connectivity index (χ2n) is 4.21. The monoisotopic (exact) mass is 221 g/mol. The normalized spacial score (nSPS) is 24.1. The first-order valence-electron chi connectivity index (χ1n) is 5.24. The zero-order valence-corrected chi connectivity index (χ0v) is 9.60. The van der Waals surface area contributed by atoms with Gasteiger partial charge in [-0.15, -0.1) is 0 Å². The van der Waals surface area contributed by atoms with Gasteiger partial charge >= 0.3 is 0 Å². The van der Waals surface area contributed by atoms with Crippen LogP contribution in [-0.2, 0) is 10.6 Å². The van der Waals surface area contributed by atoms with E-state index in [4.69, 9.17) is 4.84 Å². The van der Waals surface area contributed by atoms with Crippen LogP contribution in [0.1, 0.15) is 29.8 Å². The first kappa shape index (κ1) is 11.1. The maximum atomic E-state index is 12.0. The Balaban J connectivity index is 2.64. The third-order valence-electron chi connectivity index (χ3n) is 3.04. The first-order valence-corrected chi connectivity index (χ1v) is 5.24. The summed E-state index contributed by atoms with van der Waals surface area (Å²) in [6, 6.07) is 7.03. The van der Waals surface area contributed by atoms with Gasteiger partial charge in [-0.05, 0) is 6.07 Å². The molecule has 1 unspecified atom stereocenters. The number of hydrogen-bond donors (Lipinski definition) is 1. The van der Waals surface area contributed by atoms with Crippen LogP contribution in [0.5, 0.6) is 0 Å². The topological polar surface area (TPSA) is 49.8 Å². The van der Waals surface area contributed by atoms with Gasteiger partial charge in [0.05, 0.1) is 7.11 Å². The lowest BCUT2D eigenvalue weighted by Crippen LogP contribution is -2.46. The van der Waals surface area contributed by atoms with Gasteiger partial charge in [0.15, 0.2) is 5.72 Å². The summed E-state index contributed by atoms with van der Waals surface area (Å²) < 4.78 is 0. The summed E-state index contributed by atoms with van der Waals surface area (Å²) in [6.07, 6.45) is 0. The van der Waals surface area contributed by atoms with E-state index in [-0.39, 0.29) is 11.8 Å². The Morgan fingerprint density at radius 3 is 2.56 bits per heavy atom. The molecule has 1 aliphatic heterocycles. The van der Waals surface area contributed by atoms with Gasteiger partial charge in [0.25, 0.3) is 5.91 Å². The fraction of sp³-hybridized carbons (Fsp3) is 0.417. The summed E-state index contributed by atoms with van der Waals surface area (Å²) in [6.45, 7) is 3.70. The molecule has 1 aromatic rings. The maximum Gasteiger partial charge on any atom is 0.280 e. The minimum Gasteiger partial charge on any atom is -0.365 e. The fourth-order valence-corrected chi connectivity index (χ4v) is 2.13. The van der Waals surface area contributed by atoms with Gasteiger partial charge < -0.3 is 5.11 Å². The number of carbonyl (C=O) groups excluding carboxylic acids is 1. The largest absolute Gasteiger partial charge is 0.365 e. The van der Waals surface area contributed by atoms with E-state index < -0.39 is 5.72 Å². The summed E-state index contributed by atoms with van der Waals surface area (Å²) in [5, 5.41) is 11.7. The summed E-state index contributed by atoms with van der Waals surface area (Å²) in [4.78, 5) is 17.0. The maximum absolute atomic E-state index is 12.0. The van der Waals surface area contributed by atoms with Crippen molar-refractivity contribution in [3.63, 3.8) is 0 Å². The number of amides is 1. The molecule has 1 aromatic carbocycles. The van der Waals surface area contributed by atoms with Crippen molar-refractivity contribution in [1.82, 2.24) is 5.06 Å². The van der Waals surface area contributed by atoms with E-state index in [0.717, 1.165) is 5.06 Å². The Morgan fingerprint density at radius 1 is 1.38 bits per heavy atom. The number of rotatable bonds is 2. The standard InChI is InChI=1S/C12H15NO3/c1-8(2)12(15)10-7-5-4-6-9(10)11(14)13(12)16-3/h4-8,15H,1-3H3. The lowest BCUT2D eigenvalue weighted by molar-refractivity contribution is -0.262. The summed E-state index contributed by atoms with van der Waals surface area (Å²) >= 11 is 0. The van der Waals surface area contributed by atoms with Crippen molar-refractivity contribution in [2.24, 2.45) is 5.92 Å². The Hall–Kier alpha value is -1.39. The highest BCUT2D eigenvalue weighted by Crippen LogP contribution is 2.41. The van der Waals surface area contributed by atoms with Crippen LogP contribution < -0.4 is 0 Å².